The summed E-state index contributed by atoms with van der Waals surface area (Å²) in [5.74, 6) is -0.202. The highest BCUT2D eigenvalue weighted by atomic mass is 16.5. The van der Waals surface area contributed by atoms with Crippen LogP contribution in [0, 0.1) is 0 Å². The van der Waals surface area contributed by atoms with Crippen molar-refractivity contribution in [2.24, 2.45) is 5.10 Å². The van der Waals surface area contributed by atoms with Crippen molar-refractivity contribution in [1.29, 1.82) is 0 Å². The molecule has 142 valence electrons. The van der Waals surface area contributed by atoms with Crippen molar-refractivity contribution >= 4 is 23.2 Å². The zero-order valence-corrected chi connectivity index (χ0v) is 15.5. The number of carbonyl (C=O) groups excluding carboxylic acids is 2. The topological polar surface area (TPSA) is 98.2 Å². The smallest absolute Gasteiger partial charge is 0.329 e. The van der Waals surface area contributed by atoms with E-state index in [0.29, 0.717) is 34.2 Å². The van der Waals surface area contributed by atoms with Crippen molar-refractivity contribution < 1.29 is 23.8 Å². The minimum Gasteiger partial charge on any atom is -0.495 e. The number of hydrogen-bond donors (Lipinski definition) is 2. The van der Waals surface area contributed by atoms with E-state index in [9.17, 15) is 9.59 Å². The van der Waals surface area contributed by atoms with E-state index in [4.69, 9.17) is 14.2 Å². The van der Waals surface area contributed by atoms with Crippen LogP contribution in [0.1, 0.15) is 12.5 Å². The molecule has 0 fully saturated rings. The van der Waals surface area contributed by atoms with Crippen LogP contribution in [0.4, 0.5) is 5.69 Å². The van der Waals surface area contributed by atoms with Crippen molar-refractivity contribution in [2.45, 2.75) is 6.92 Å². The molecule has 2 aromatic rings. The van der Waals surface area contributed by atoms with Crippen molar-refractivity contribution in [3.8, 4) is 17.2 Å². The molecule has 2 rings (SSSR count). The van der Waals surface area contributed by atoms with E-state index < -0.39 is 11.8 Å². The molecule has 0 aliphatic heterocycles. The molecule has 2 N–H and O–H groups in total. The fourth-order valence-corrected chi connectivity index (χ4v) is 2.24. The van der Waals surface area contributed by atoms with Gasteiger partial charge in [-0.3, -0.25) is 9.59 Å². The number of amides is 2. The first-order chi connectivity index (χ1) is 13.0. The molecule has 2 aromatic carbocycles. The molecule has 27 heavy (non-hydrogen) atoms. The molecule has 8 nitrogen and oxygen atoms in total. The summed E-state index contributed by atoms with van der Waals surface area (Å²) >= 11 is 0. The summed E-state index contributed by atoms with van der Waals surface area (Å²) < 4.78 is 15.5. The summed E-state index contributed by atoms with van der Waals surface area (Å²) in [5, 5.41) is 6.44. The van der Waals surface area contributed by atoms with Gasteiger partial charge in [-0.1, -0.05) is 12.1 Å². The second-order valence-electron chi connectivity index (χ2n) is 5.36. The Balaban J connectivity index is 2.05. The van der Waals surface area contributed by atoms with Crippen LogP contribution in [0.5, 0.6) is 17.2 Å². The molecule has 0 aromatic heterocycles. The maximum absolute atomic E-state index is 12.0. The number of anilines is 1. The lowest BCUT2D eigenvalue weighted by Gasteiger charge is -2.10. The van der Waals surface area contributed by atoms with E-state index in [-0.39, 0.29) is 0 Å². The van der Waals surface area contributed by atoms with E-state index in [0.717, 1.165) is 0 Å². The normalized spacial score (nSPS) is 10.7. The lowest BCUT2D eigenvalue weighted by atomic mass is 10.1. The predicted molar refractivity (Wildman–Crippen MR) is 102 cm³/mol. The van der Waals surface area contributed by atoms with Crippen molar-refractivity contribution in [3.63, 3.8) is 0 Å². The van der Waals surface area contributed by atoms with Gasteiger partial charge in [0.2, 0.25) is 0 Å². The van der Waals surface area contributed by atoms with Gasteiger partial charge in [0, 0.05) is 5.56 Å². The van der Waals surface area contributed by atoms with Crippen LogP contribution in [0.3, 0.4) is 0 Å². The first-order valence-electron chi connectivity index (χ1n) is 8.01. The third-order valence-electron chi connectivity index (χ3n) is 3.69. The number of nitrogens with one attached hydrogen (secondary N) is 2. The van der Waals surface area contributed by atoms with Crippen LogP contribution in [0.25, 0.3) is 0 Å². The van der Waals surface area contributed by atoms with Gasteiger partial charge in [0.1, 0.15) is 5.75 Å². The Morgan fingerprint density at radius 2 is 1.52 bits per heavy atom. The summed E-state index contributed by atoms with van der Waals surface area (Å²) in [6, 6.07) is 12.0. The summed E-state index contributed by atoms with van der Waals surface area (Å²) in [7, 11) is 4.54. The third kappa shape index (κ3) is 4.97. The van der Waals surface area contributed by atoms with Gasteiger partial charge in [0.25, 0.3) is 0 Å². The van der Waals surface area contributed by atoms with Gasteiger partial charge in [0.05, 0.1) is 32.7 Å². The fourth-order valence-electron chi connectivity index (χ4n) is 2.24. The van der Waals surface area contributed by atoms with Crippen LogP contribution >= 0.6 is 0 Å². The monoisotopic (exact) mass is 371 g/mol. The fraction of sp³-hybridized carbons (Fsp3) is 0.211. The predicted octanol–water partition coefficient (Wildman–Crippen LogP) is 2.19. The number of carbonyl (C=O) groups is 2. The molecule has 0 radical (unpaired) electrons. The Kier molecular flexibility index (Phi) is 6.76. The number of benzene rings is 2. The molecule has 0 aliphatic rings. The average Bonchev–Trinajstić information content (AvgIpc) is 2.71. The molecule has 2 amide bonds. The summed E-state index contributed by atoms with van der Waals surface area (Å²) in [6.45, 7) is 1.69. The Bertz CT molecular complexity index is 864. The Hall–Kier alpha value is -3.55. The van der Waals surface area contributed by atoms with Crippen molar-refractivity contribution in [3.05, 3.63) is 48.0 Å². The van der Waals surface area contributed by atoms with Crippen LogP contribution in [-0.2, 0) is 9.59 Å². The maximum Gasteiger partial charge on any atom is 0.329 e. The van der Waals surface area contributed by atoms with Crippen LogP contribution in [0.15, 0.2) is 47.6 Å². The number of hydrazone groups is 1. The SMILES string of the molecule is COc1ccccc1NC(=O)C(=O)N/N=C(\C)c1ccc(OC)c(OC)c1. The first kappa shape index (κ1) is 19.8. The van der Waals surface area contributed by atoms with Gasteiger partial charge < -0.3 is 19.5 Å². The minimum absolute atomic E-state index is 0.390. The summed E-state index contributed by atoms with van der Waals surface area (Å²) in [6.07, 6.45) is 0. The largest absolute Gasteiger partial charge is 0.495 e. The van der Waals surface area contributed by atoms with E-state index in [2.05, 4.69) is 15.8 Å². The number of para-hydroxylation sites is 2. The number of rotatable bonds is 6. The van der Waals surface area contributed by atoms with Crippen molar-refractivity contribution in [1.82, 2.24) is 5.43 Å². The molecule has 0 heterocycles. The van der Waals surface area contributed by atoms with Gasteiger partial charge in [-0.2, -0.15) is 5.10 Å². The Labute approximate surface area is 157 Å². The lowest BCUT2D eigenvalue weighted by Crippen LogP contribution is -2.33. The maximum atomic E-state index is 12.0. The molecule has 0 saturated heterocycles. The Morgan fingerprint density at radius 3 is 2.19 bits per heavy atom. The molecule has 0 saturated carbocycles. The molecule has 8 heteroatoms. The first-order valence-corrected chi connectivity index (χ1v) is 8.01. The molecular formula is C19H21N3O5. The van der Waals surface area contributed by atoms with E-state index >= 15 is 0 Å². The quantitative estimate of drug-likeness (QED) is 0.461. The highest BCUT2D eigenvalue weighted by molar-refractivity contribution is 6.39. The van der Waals surface area contributed by atoms with Gasteiger partial charge in [-0.25, -0.2) is 5.43 Å². The van der Waals surface area contributed by atoms with Crippen LogP contribution < -0.4 is 25.0 Å². The number of hydrogen-bond acceptors (Lipinski definition) is 6. The highest BCUT2D eigenvalue weighted by Crippen LogP contribution is 2.27. The molecule has 0 unspecified atom stereocenters. The number of nitrogens with zero attached hydrogens (tertiary/aromatic N) is 1. The molecular weight excluding hydrogens is 350 g/mol. The lowest BCUT2D eigenvalue weighted by molar-refractivity contribution is -0.136. The zero-order valence-electron chi connectivity index (χ0n) is 15.5. The third-order valence-corrected chi connectivity index (χ3v) is 3.69. The number of ether oxygens (including phenoxy) is 3. The van der Waals surface area contributed by atoms with Gasteiger partial charge >= 0.3 is 11.8 Å². The molecule has 0 aliphatic carbocycles. The molecule has 0 atom stereocenters. The average molecular weight is 371 g/mol. The van der Waals surface area contributed by atoms with Gasteiger partial charge in [0.15, 0.2) is 11.5 Å². The standard InChI is InChI=1S/C19H21N3O5/c1-12(13-9-10-16(26-3)17(11-13)27-4)21-22-19(24)18(23)20-14-7-5-6-8-15(14)25-2/h5-11H,1-4H3,(H,20,23)(H,22,24)/b21-12+. The van der Waals surface area contributed by atoms with E-state index in [1.54, 1.807) is 56.5 Å². The van der Waals surface area contributed by atoms with E-state index in [1.807, 2.05) is 0 Å². The van der Waals surface area contributed by atoms with Crippen LogP contribution in [-0.4, -0.2) is 38.9 Å². The molecule has 0 bridgehead atoms. The van der Waals surface area contributed by atoms with Gasteiger partial charge in [-0.05, 0) is 37.3 Å². The number of methoxy groups -OCH3 is 3. The highest BCUT2D eigenvalue weighted by Gasteiger charge is 2.15. The second-order valence-corrected chi connectivity index (χ2v) is 5.36. The summed E-state index contributed by atoms with van der Waals surface area (Å²) in [4.78, 5) is 24.0. The van der Waals surface area contributed by atoms with Crippen LogP contribution in [0.2, 0.25) is 0 Å². The second kappa shape index (κ2) is 9.23. The van der Waals surface area contributed by atoms with Crippen molar-refractivity contribution in [2.75, 3.05) is 26.6 Å². The van der Waals surface area contributed by atoms with Gasteiger partial charge in [-0.15, -0.1) is 0 Å². The summed E-state index contributed by atoms with van der Waals surface area (Å²) in [5.41, 5.74) is 3.82. The minimum atomic E-state index is -0.902. The molecule has 0 spiro atoms. The Morgan fingerprint density at radius 1 is 0.852 bits per heavy atom. The zero-order chi connectivity index (χ0) is 19.8. The van der Waals surface area contributed by atoms with E-state index in [1.165, 1.54) is 14.2 Å².